The van der Waals surface area contributed by atoms with Crippen molar-refractivity contribution in [1.29, 1.82) is 0 Å². The van der Waals surface area contributed by atoms with Gasteiger partial charge in [-0.15, -0.1) is 0 Å². The van der Waals surface area contributed by atoms with E-state index in [1.807, 2.05) is 23.7 Å². The highest BCUT2D eigenvalue weighted by Gasteiger charge is 2.35. The van der Waals surface area contributed by atoms with Gasteiger partial charge in [0.15, 0.2) is 0 Å². The minimum Gasteiger partial charge on any atom is -0.342 e. The van der Waals surface area contributed by atoms with Crippen molar-refractivity contribution in [3.05, 3.63) is 0 Å². The number of fused-ring (bicyclic) bond motifs is 2. The standard InChI is InChI=1S/C14H24N2OS/c1-16(13-4-5-18-9-13)14(17)8-10-6-11-2-3-12(7-10)15-11/h10-13,15H,2-9H2,1H3. The lowest BCUT2D eigenvalue weighted by Crippen LogP contribution is -2.42. The fourth-order valence-corrected chi connectivity index (χ4v) is 5.03. The molecule has 0 spiro atoms. The maximum absolute atomic E-state index is 12.3. The highest BCUT2D eigenvalue weighted by Crippen LogP contribution is 2.33. The van der Waals surface area contributed by atoms with Gasteiger partial charge in [-0.3, -0.25) is 4.79 Å². The van der Waals surface area contributed by atoms with E-state index >= 15 is 0 Å². The Balaban J connectivity index is 1.51. The molecule has 0 aromatic carbocycles. The third-order valence-corrected chi connectivity index (χ3v) is 6.03. The van der Waals surface area contributed by atoms with Gasteiger partial charge in [0.05, 0.1) is 0 Å². The summed E-state index contributed by atoms with van der Waals surface area (Å²) in [6.45, 7) is 0. The van der Waals surface area contributed by atoms with Gasteiger partial charge >= 0.3 is 0 Å². The molecule has 0 aromatic rings. The van der Waals surface area contributed by atoms with Crippen LogP contribution < -0.4 is 5.32 Å². The van der Waals surface area contributed by atoms with Crippen molar-refractivity contribution in [3.8, 4) is 0 Å². The molecule has 0 aromatic heterocycles. The van der Waals surface area contributed by atoms with Gasteiger partial charge in [-0.25, -0.2) is 0 Å². The van der Waals surface area contributed by atoms with E-state index in [1.165, 1.54) is 37.9 Å². The first kappa shape index (κ1) is 12.8. The molecule has 3 atom stereocenters. The minimum absolute atomic E-state index is 0.383. The molecule has 4 heteroatoms. The summed E-state index contributed by atoms with van der Waals surface area (Å²) in [5, 5.41) is 3.65. The Bertz CT molecular complexity index is 305. The summed E-state index contributed by atoms with van der Waals surface area (Å²) >= 11 is 1.98. The summed E-state index contributed by atoms with van der Waals surface area (Å²) in [5.74, 6) is 3.38. The molecule has 0 radical (unpaired) electrons. The lowest BCUT2D eigenvalue weighted by molar-refractivity contribution is -0.132. The van der Waals surface area contributed by atoms with Gasteiger partial charge in [-0.05, 0) is 43.8 Å². The maximum atomic E-state index is 12.3. The quantitative estimate of drug-likeness (QED) is 0.848. The van der Waals surface area contributed by atoms with Crippen LogP contribution in [0.2, 0.25) is 0 Å². The van der Waals surface area contributed by atoms with Gasteiger partial charge in [-0.1, -0.05) is 0 Å². The lowest BCUT2D eigenvalue weighted by atomic mass is 9.89. The summed E-state index contributed by atoms with van der Waals surface area (Å²) < 4.78 is 0. The van der Waals surface area contributed by atoms with Crippen LogP contribution in [0.1, 0.15) is 38.5 Å². The first-order valence-corrected chi connectivity index (χ1v) is 8.47. The van der Waals surface area contributed by atoms with Crippen LogP contribution in [-0.4, -0.2) is 47.5 Å². The Labute approximate surface area is 114 Å². The van der Waals surface area contributed by atoms with Crippen molar-refractivity contribution in [2.75, 3.05) is 18.6 Å². The molecule has 3 saturated heterocycles. The monoisotopic (exact) mass is 268 g/mol. The molecule has 3 rings (SSSR count). The zero-order valence-electron chi connectivity index (χ0n) is 11.2. The van der Waals surface area contributed by atoms with E-state index in [0.717, 1.165) is 12.2 Å². The Hall–Kier alpha value is -0.220. The number of amides is 1. The van der Waals surface area contributed by atoms with Gasteiger partial charge in [0, 0.05) is 37.3 Å². The molecule has 1 amide bonds. The Morgan fingerprint density at radius 2 is 2.00 bits per heavy atom. The van der Waals surface area contributed by atoms with Crippen molar-refractivity contribution in [1.82, 2.24) is 10.2 Å². The van der Waals surface area contributed by atoms with Crippen LogP contribution in [0, 0.1) is 5.92 Å². The van der Waals surface area contributed by atoms with Crippen LogP contribution in [0.3, 0.4) is 0 Å². The zero-order chi connectivity index (χ0) is 12.5. The van der Waals surface area contributed by atoms with E-state index in [1.54, 1.807) is 0 Å². The van der Waals surface area contributed by atoms with Crippen molar-refractivity contribution in [2.45, 2.75) is 56.7 Å². The normalized spacial score (nSPS) is 38.9. The summed E-state index contributed by atoms with van der Waals surface area (Å²) in [6.07, 6.45) is 7.05. The minimum atomic E-state index is 0.383. The molecular formula is C14H24N2OS. The average molecular weight is 268 g/mol. The molecule has 3 unspecified atom stereocenters. The number of piperidine rings is 1. The van der Waals surface area contributed by atoms with Crippen molar-refractivity contribution >= 4 is 17.7 Å². The molecule has 0 saturated carbocycles. The number of hydrogen-bond acceptors (Lipinski definition) is 3. The molecule has 0 aliphatic carbocycles. The Kier molecular flexibility index (Phi) is 3.85. The zero-order valence-corrected chi connectivity index (χ0v) is 12.0. The fraction of sp³-hybridized carbons (Fsp3) is 0.929. The number of thioether (sulfide) groups is 1. The van der Waals surface area contributed by atoms with Gasteiger partial charge in [-0.2, -0.15) is 11.8 Å². The van der Waals surface area contributed by atoms with E-state index < -0.39 is 0 Å². The third kappa shape index (κ3) is 2.69. The van der Waals surface area contributed by atoms with Gasteiger partial charge in [0.1, 0.15) is 0 Å². The summed E-state index contributed by atoms with van der Waals surface area (Å²) in [6, 6.07) is 1.91. The Morgan fingerprint density at radius 1 is 1.28 bits per heavy atom. The number of carbonyl (C=O) groups excluding carboxylic acids is 1. The molecule has 3 heterocycles. The van der Waals surface area contributed by atoms with E-state index in [2.05, 4.69) is 5.32 Å². The van der Waals surface area contributed by atoms with Crippen LogP contribution in [0.4, 0.5) is 0 Å². The summed E-state index contributed by atoms with van der Waals surface area (Å²) in [5.41, 5.74) is 0. The van der Waals surface area contributed by atoms with Crippen molar-refractivity contribution in [3.63, 3.8) is 0 Å². The van der Waals surface area contributed by atoms with E-state index in [4.69, 9.17) is 0 Å². The van der Waals surface area contributed by atoms with Crippen LogP contribution in [-0.2, 0) is 4.79 Å². The van der Waals surface area contributed by atoms with Crippen LogP contribution >= 0.6 is 11.8 Å². The van der Waals surface area contributed by atoms with Gasteiger partial charge < -0.3 is 10.2 Å². The number of rotatable bonds is 3. The summed E-state index contributed by atoms with van der Waals surface area (Å²) in [7, 11) is 2.01. The van der Waals surface area contributed by atoms with Crippen molar-refractivity contribution in [2.24, 2.45) is 5.92 Å². The van der Waals surface area contributed by atoms with E-state index in [9.17, 15) is 4.79 Å². The number of carbonyl (C=O) groups is 1. The molecule has 18 heavy (non-hydrogen) atoms. The number of nitrogens with zero attached hydrogens (tertiary/aromatic N) is 1. The molecule has 3 fully saturated rings. The fourth-order valence-electron chi connectivity index (χ4n) is 3.76. The molecular weight excluding hydrogens is 244 g/mol. The molecule has 3 aliphatic heterocycles. The first-order valence-electron chi connectivity index (χ1n) is 7.32. The second-order valence-corrected chi connectivity index (χ2v) is 7.35. The second-order valence-electron chi connectivity index (χ2n) is 6.20. The van der Waals surface area contributed by atoms with Crippen LogP contribution in [0.15, 0.2) is 0 Å². The van der Waals surface area contributed by atoms with Crippen molar-refractivity contribution < 1.29 is 4.79 Å². The smallest absolute Gasteiger partial charge is 0.222 e. The molecule has 2 bridgehead atoms. The molecule has 3 nitrogen and oxygen atoms in total. The van der Waals surface area contributed by atoms with Gasteiger partial charge in [0.2, 0.25) is 5.91 Å². The SMILES string of the molecule is CN(C(=O)CC1CC2CCC(C1)N2)C1CCSC1. The number of hydrogen-bond donors (Lipinski definition) is 1. The Morgan fingerprint density at radius 3 is 2.61 bits per heavy atom. The van der Waals surface area contributed by atoms with Crippen LogP contribution in [0.5, 0.6) is 0 Å². The maximum Gasteiger partial charge on any atom is 0.222 e. The lowest BCUT2D eigenvalue weighted by Gasteiger charge is -2.31. The largest absolute Gasteiger partial charge is 0.342 e. The topological polar surface area (TPSA) is 32.3 Å². The summed E-state index contributed by atoms with van der Waals surface area (Å²) in [4.78, 5) is 14.4. The molecule has 3 aliphatic rings. The number of nitrogens with one attached hydrogen (secondary N) is 1. The molecule has 1 N–H and O–H groups in total. The average Bonchev–Trinajstić information content (AvgIpc) is 2.98. The van der Waals surface area contributed by atoms with E-state index in [0.29, 0.717) is 30.0 Å². The second kappa shape index (κ2) is 5.41. The van der Waals surface area contributed by atoms with E-state index in [-0.39, 0.29) is 0 Å². The van der Waals surface area contributed by atoms with Gasteiger partial charge in [0.25, 0.3) is 0 Å². The first-order chi connectivity index (χ1) is 8.72. The highest BCUT2D eigenvalue weighted by atomic mass is 32.2. The third-order valence-electron chi connectivity index (χ3n) is 4.88. The molecule has 102 valence electrons. The predicted molar refractivity (Wildman–Crippen MR) is 75.8 cm³/mol. The van der Waals surface area contributed by atoms with Crippen LogP contribution in [0.25, 0.3) is 0 Å². The predicted octanol–water partition coefficient (Wildman–Crippen LogP) is 1.87. The highest BCUT2D eigenvalue weighted by molar-refractivity contribution is 7.99.